The van der Waals surface area contributed by atoms with Crippen LogP contribution in [0, 0.1) is 0 Å². The van der Waals surface area contributed by atoms with Crippen molar-refractivity contribution >= 4 is 22.8 Å². The molecule has 3 aromatic rings. The van der Waals surface area contributed by atoms with E-state index in [0.717, 1.165) is 5.69 Å². The Kier molecular flexibility index (Phi) is 1.86. The summed E-state index contributed by atoms with van der Waals surface area (Å²) >= 11 is 0. The van der Waals surface area contributed by atoms with Gasteiger partial charge in [0.2, 0.25) is 0 Å². The Bertz CT molecular complexity index is 766. The number of hydrogen-bond donors (Lipinski definition) is 1. The molecule has 2 nitrogen and oxygen atoms in total. The van der Waals surface area contributed by atoms with Gasteiger partial charge in [0, 0.05) is 29.0 Å². The highest BCUT2D eigenvalue weighted by atomic mass is 15.0. The summed E-state index contributed by atoms with van der Waals surface area (Å²) in [4.78, 5) is 0. The van der Waals surface area contributed by atoms with Gasteiger partial charge in [0.05, 0.1) is 11.2 Å². The molecule has 86 valence electrons. The molecule has 1 N–H and O–H groups in total. The summed E-state index contributed by atoms with van der Waals surface area (Å²) in [6.07, 6.45) is 4.07. The lowest BCUT2D eigenvalue weighted by Gasteiger charge is -2.06. The number of nitrogens with one attached hydrogen (secondary N) is 1. The fraction of sp³-hybridized carbons (Fsp3) is 0. The maximum absolute atomic E-state index is 3.32. The molecular formula is C16H12N2. The summed E-state index contributed by atoms with van der Waals surface area (Å²) in [5.74, 6) is 0. The van der Waals surface area contributed by atoms with Crippen LogP contribution in [0.1, 0.15) is 0 Å². The normalized spacial score (nSPS) is 12.7. The lowest BCUT2D eigenvalue weighted by Crippen LogP contribution is -1.88. The lowest BCUT2D eigenvalue weighted by molar-refractivity contribution is 1.24. The fourth-order valence-electron chi connectivity index (χ4n) is 2.58. The zero-order valence-corrected chi connectivity index (χ0v) is 9.80. The molecule has 0 unspecified atom stereocenters. The van der Waals surface area contributed by atoms with Gasteiger partial charge >= 0.3 is 0 Å². The van der Waals surface area contributed by atoms with E-state index in [1.165, 1.54) is 22.2 Å². The first-order chi connectivity index (χ1) is 8.93. The molecular weight excluding hydrogens is 220 g/mol. The first-order valence-corrected chi connectivity index (χ1v) is 6.06. The second-order valence-corrected chi connectivity index (χ2v) is 4.46. The summed E-state index contributed by atoms with van der Waals surface area (Å²) in [5, 5.41) is 4.59. The highest BCUT2D eigenvalue weighted by molar-refractivity contribution is 5.93. The molecule has 4 rings (SSSR count). The Morgan fingerprint density at radius 3 is 2.72 bits per heavy atom. The number of nitrogens with zero attached hydrogens (tertiary/aromatic N) is 1. The van der Waals surface area contributed by atoms with Crippen molar-refractivity contribution in [1.29, 1.82) is 0 Å². The van der Waals surface area contributed by atoms with E-state index in [9.17, 15) is 0 Å². The molecule has 0 fully saturated rings. The van der Waals surface area contributed by atoms with Gasteiger partial charge in [-0.3, -0.25) is 0 Å². The average Bonchev–Trinajstić information content (AvgIpc) is 2.69. The molecule has 0 amide bonds. The minimum Gasteiger partial charge on any atom is -0.360 e. The molecule has 0 bridgehead atoms. The van der Waals surface area contributed by atoms with Crippen LogP contribution in [0.4, 0.5) is 5.69 Å². The van der Waals surface area contributed by atoms with Crippen molar-refractivity contribution in [2.24, 2.45) is 0 Å². The van der Waals surface area contributed by atoms with Gasteiger partial charge in [-0.05, 0) is 18.2 Å². The largest absolute Gasteiger partial charge is 0.360 e. The highest BCUT2D eigenvalue weighted by Gasteiger charge is 2.13. The zero-order chi connectivity index (χ0) is 11.9. The Balaban J connectivity index is 2.14. The van der Waals surface area contributed by atoms with E-state index in [2.05, 4.69) is 70.7 Å². The quantitative estimate of drug-likeness (QED) is 0.615. The third kappa shape index (κ3) is 1.23. The van der Waals surface area contributed by atoms with Crippen LogP contribution in [-0.4, -0.2) is 4.57 Å². The molecule has 2 heterocycles. The van der Waals surface area contributed by atoms with Crippen LogP contribution in [-0.2, 0) is 0 Å². The molecule has 0 atom stereocenters. The Hall–Kier alpha value is -2.48. The van der Waals surface area contributed by atoms with Crippen molar-refractivity contribution in [2.45, 2.75) is 0 Å². The third-order valence-corrected chi connectivity index (χ3v) is 3.41. The molecule has 0 saturated carbocycles. The van der Waals surface area contributed by atoms with Crippen LogP contribution in [0.25, 0.3) is 28.4 Å². The van der Waals surface area contributed by atoms with Crippen LogP contribution in [0.3, 0.4) is 0 Å². The summed E-state index contributed by atoms with van der Waals surface area (Å²) in [5.41, 5.74) is 4.85. The van der Waals surface area contributed by atoms with Crippen LogP contribution >= 0.6 is 0 Å². The van der Waals surface area contributed by atoms with Crippen LogP contribution in [0.5, 0.6) is 0 Å². The molecule has 1 aliphatic rings. The zero-order valence-electron chi connectivity index (χ0n) is 9.80. The van der Waals surface area contributed by atoms with Crippen LogP contribution in [0.15, 0.2) is 60.8 Å². The number of rotatable bonds is 0. The number of aromatic nitrogens is 1. The van der Waals surface area contributed by atoms with Crippen molar-refractivity contribution in [3.63, 3.8) is 0 Å². The van der Waals surface area contributed by atoms with Gasteiger partial charge in [-0.1, -0.05) is 36.4 Å². The molecule has 1 aliphatic heterocycles. The Morgan fingerprint density at radius 2 is 1.72 bits per heavy atom. The molecule has 0 saturated heterocycles. The Labute approximate surface area is 105 Å². The van der Waals surface area contributed by atoms with Gasteiger partial charge < -0.3 is 9.88 Å². The number of hydrogen-bond acceptors (Lipinski definition) is 1. The monoisotopic (exact) mass is 232 g/mol. The molecule has 1 aromatic heterocycles. The minimum atomic E-state index is 1.15. The second-order valence-electron chi connectivity index (χ2n) is 4.46. The van der Waals surface area contributed by atoms with E-state index in [-0.39, 0.29) is 0 Å². The summed E-state index contributed by atoms with van der Waals surface area (Å²) in [6.45, 7) is 0. The first kappa shape index (κ1) is 9.54. The first-order valence-electron chi connectivity index (χ1n) is 6.06. The van der Waals surface area contributed by atoms with Gasteiger partial charge in [-0.25, -0.2) is 0 Å². The molecule has 18 heavy (non-hydrogen) atoms. The Morgan fingerprint density at radius 1 is 0.889 bits per heavy atom. The van der Waals surface area contributed by atoms with Crippen molar-refractivity contribution in [2.75, 3.05) is 5.32 Å². The number of para-hydroxylation sites is 2. The summed E-state index contributed by atoms with van der Waals surface area (Å²) in [7, 11) is 0. The molecule has 0 radical (unpaired) electrons. The van der Waals surface area contributed by atoms with E-state index in [4.69, 9.17) is 0 Å². The standard InChI is InChI=1S/C16H12N2/c1-4-8-15-12(5-1)11-16-13-6-2-3-7-14(13)17-9-10-18(15)16/h1-11,17H. The van der Waals surface area contributed by atoms with E-state index in [0.29, 0.717) is 0 Å². The maximum atomic E-state index is 3.32. The predicted octanol–water partition coefficient (Wildman–Crippen LogP) is 4.16. The third-order valence-electron chi connectivity index (χ3n) is 3.41. The highest BCUT2D eigenvalue weighted by Crippen LogP contribution is 2.34. The molecule has 2 heteroatoms. The smallest absolute Gasteiger partial charge is 0.0556 e. The number of anilines is 1. The molecule has 0 spiro atoms. The fourth-order valence-corrected chi connectivity index (χ4v) is 2.58. The van der Waals surface area contributed by atoms with Crippen LogP contribution < -0.4 is 5.32 Å². The average molecular weight is 232 g/mol. The summed E-state index contributed by atoms with van der Waals surface area (Å²) in [6, 6.07) is 19.1. The van der Waals surface area contributed by atoms with E-state index in [1.807, 2.05) is 6.20 Å². The molecule has 2 aromatic carbocycles. The van der Waals surface area contributed by atoms with Gasteiger partial charge in [-0.15, -0.1) is 0 Å². The second kappa shape index (κ2) is 3.50. The minimum absolute atomic E-state index is 1.15. The van der Waals surface area contributed by atoms with E-state index in [1.54, 1.807) is 0 Å². The van der Waals surface area contributed by atoms with Crippen molar-refractivity contribution < 1.29 is 0 Å². The van der Waals surface area contributed by atoms with Gasteiger partial charge in [-0.2, -0.15) is 0 Å². The van der Waals surface area contributed by atoms with Crippen molar-refractivity contribution in [1.82, 2.24) is 4.57 Å². The summed E-state index contributed by atoms with van der Waals surface area (Å²) < 4.78 is 2.23. The van der Waals surface area contributed by atoms with Crippen LogP contribution in [0.2, 0.25) is 0 Å². The van der Waals surface area contributed by atoms with E-state index < -0.39 is 0 Å². The van der Waals surface area contributed by atoms with E-state index >= 15 is 0 Å². The van der Waals surface area contributed by atoms with Gasteiger partial charge in [0.1, 0.15) is 0 Å². The van der Waals surface area contributed by atoms with Gasteiger partial charge in [0.25, 0.3) is 0 Å². The number of benzene rings is 2. The van der Waals surface area contributed by atoms with Crippen molar-refractivity contribution in [3.05, 3.63) is 60.8 Å². The van der Waals surface area contributed by atoms with Crippen molar-refractivity contribution in [3.8, 4) is 11.3 Å². The predicted molar refractivity (Wildman–Crippen MR) is 76.3 cm³/mol. The topological polar surface area (TPSA) is 17.0 Å². The van der Waals surface area contributed by atoms with Gasteiger partial charge in [0.15, 0.2) is 0 Å². The maximum Gasteiger partial charge on any atom is 0.0556 e. The SMILES string of the molecule is C1=Cn2c(cc3ccccc32)-c2ccccc2N1. The lowest BCUT2D eigenvalue weighted by atomic mass is 10.1. The molecule has 0 aliphatic carbocycles. The number of fused-ring (bicyclic) bond motifs is 5.